The van der Waals surface area contributed by atoms with E-state index in [2.05, 4.69) is 9.68 Å². The highest BCUT2D eigenvalue weighted by atomic mass is 16.9. The van der Waals surface area contributed by atoms with E-state index in [4.69, 9.17) is 16.1 Å². The Balaban J connectivity index is 3.41. The molecule has 0 N–H and O–H groups in total. The quantitative estimate of drug-likeness (QED) is 0.282. The molecule has 0 aromatic rings. The van der Waals surface area contributed by atoms with Crippen molar-refractivity contribution in [3.05, 3.63) is 5.53 Å². The molecule has 0 amide bonds. The van der Waals surface area contributed by atoms with Gasteiger partial charge in [0.25, 0.3) is 0 Å². The third kappa shape index (κ3) is 2.42. The Morgan fingerprint density at radius 3 is 1.88 bits per heavy atom. The fraction of sp³-hybridized carbons (Fsp3) is 0. The van der Waals surface area contributed by atoms with Crippen molar-refractivity contribution in [3.8, 4) is 12.5 Å². The molecule has 0 saturated heterocycles. The number of nitriles is 2. The summed E-state index contributed by atoms with van der Waals surface area (Å²) in [7, 11) is 0. The molecule has 0 rings (SSSR count). The zero-order valence-corrected chi connectivity index (χ0v) is 3.61. The molecule has 0 bridgehead atoms. The first-order chi connectivity index (χ1) is 3.81. The van der Waals surface area contributed by atoms with Gasteiger partial charge in [-0.3, -0.25) is 0 Å². The molecule has 0 aliphatic rings. The standard InChI is InChI=1S/C2N4O2/c3-1-7-6(5)8-2-4. The first kappa shape index (κ1) is 6.18. The summed E-state index contributed by atoms with van der Waals surface area (Å²) in [6.07, 6.45) is 2.10. The summed E-state index contributed by atoms with van der Waals surface area (Å²) in [4.78, 5) is 7.06. The lowest BCUT2D eigenvalue weighted by molar-refractivity contribution is -0.951. The average Bonchev–Trinajstić information content (AvgIpc) is 1.68. The van der Waals surface area contributed by atoms with Crippen LogP contribution in [0.2, 0.25) is 0 Å². The lowest BCUT2D eigenvalue weighted by Crippen LogP contribution is -2.00. The van der Waals surface area contributed by atoms with Crippen molar-refractivity contribution in [2.24, 2.45) is 0 Å². The van der Waals surface area contributed by atoms with E-state index in [0.717, 1.165) is 12.5 Å². The summed E-state index contributed by atoms with van der Waals surface area (Å²) in [6, 6.07) is 0. The second-order valence-corrected chi connectivity index (χ2v) is 0.603. The van der Waals surface area contributed by atoms with Gasteiger partial charge in [-0.1, -0.05) is 0 Å². The summed E-state index contributed by atoms with van der Waals surface area (Å²) in [5.41, 5.74) is 7.99. The van der Waals surface area contributed by atoms with Crippen molar-refractivity contribution in [1.29, 1.82) is 10.5 Å². The summed E-state index contributed by atoms with van der Waals surface area (Å²) >= 11 is 0. The highest BCUT2D eigenvalue weighted by Gasteiger charge is 1.92. The molecular weight excluding hydrogens is 112 g/mol. The zero-order chi connectivity index (χ0) is 6.41. The van der Waals surface area contributed by atoms with Crippen LogP contribution in [-0.4, -0.2) is 5.02 Å². The number of hydrogen-bond acceptors (Lipinski definition) is 4. The van der Waals surface area contributed by atoms with Crippen LogP contribution in [0.15, 0.2) is 0 Å². The maximum absolute atomic E-state index is 7.99. The summed E-state index contributed by atoms with van der Waals surface area (Å²) in [6.45, 7) is 0. The molecule has 0 aromatic heterocycles. The third-order valence-corrected chi connectivity index (χ3v) is 0.238. The first-order valence-electron chi connectivity index (χ1n) is 1.42. The maximum Gasteiger partial charge on any atom is 0.370 e. The molecule has 0 aliphatic heterocycles. The van der Waals surface area contributed by atoms with Crippen LogP contribution in [0.5, 0.6) is 0 Å². The van der Waals surface area contributed by atoms with Gasteiger partial charge in [-0.25, -0.2) is 0 Å². The molecule has 8 heavy (non-hydrogen) atoms. The maximum atomic E-state index is 7.99. The van der Waals surface area contributed by atoms with Gasteiger partial charge in [0.1, 0.15) is 0 Å². The van der Waals surface area contributed by atoms with Crippen molar-refractivity contribution >= 4 is 0 Å². The SMILES string of the molecule is N#CO[N+](=[N-])OC#N. The van der Waals surface area contributed by atoms with Crippen LogP contribution in [0.1, 0.15) is 0 Å². The second-order valence-electron chi connectivity index (χ2n) is 0.603. The topological polar surface area (TPSA) is 91.3 Å². The van der Waals surface area contributed by atoms with Crippen LogP contribution >= 0.6 is 0 Å². The first-order valence-corrected chi connectivity index (χ1v) is 1.42. The fourth-order valence-electron chi connectivity index (χ4n) is 0.0885. The molecule has 6 nitrogen and oxygen atoms in total. The highest BCUT2D eigenvalue weighted by molar-refractivity contribution is 4.38. The van der Waals surface area contributed by atoms with Gasteiger partial charge in [-0.2, -0.15) is 0 Å². The van der Waals surface area contributed by atoms with E-state index in [0.29, 0.717) is 0 Å². The van der Waals surface area contributed by atoms with E-state index in [1.165, 1.54) is 0 Å². The summed E-state index contributed by atoms with van der Waals surface area (Å²) in [5.74, 6) is 0. The van der Waals surface area contributed by atoms with Crippen LogP contribution in [-0.2, 0) is 9.68 Å². The van der Waals surface area contributed by atoms with Gasteiger partial charge in [0.05, 0.1) is 0 Å². The predicted octanol–water partition coefficient (Wildman–Crippen LogP) is -0.154. The molecule has 0 aromatic carbocycles. The summed E-state index contributed by atoms with van der Waals surface area (Å²) in [5, 5.41) is 14.8. The predicted molar refractivity (Wildman–Crippen MR) is 17.0 cm³/mol. The van der Waals surface area contributed by atoms with Gasteiger partial charge in [0.2, 0.25) is 0 Å². The van der Waals surface area contributed by atoms with Crippen molar-refractivity contribution in [2.75, 3.05) is 0 Å². The van der Waals surface area contributed by atoms with Gasteiger partial charge >= 0.3 is 12.5 Å². The number of rotatable bonds is 2. The van der Waals surface area contributed by atoms with Gasteiger partial charge in [-0.05, 0) is 0 Å². The molecule has 0 atom stereocenters. The van der Waals surface area contributed by atoms with Gasteiger partial charge < -0.3 is 5.53 Å². The Morgan fingerprint density at radius 2 is 1.62 bits per heavy atom. The normalized spacial score (nSPS) is 5.75. The Labute approximate surface area is 44.5 Å². The molecule has 0 radical (unpaired) electrons. The minimum atomic E-state index is -0.361. The van der Waals surface area contributed by atoms with E-state index < -0.39 is 0 Å². The highest BCUT2D eigenvalue weighted by Crippen LogP contribution is 1.74. The van der Waals surface area contributed by atoms with Crippen LogP contribution in [0.3, 0.4) is 0 Å². The zero-order valence-electron chi connectivity index (χ0n) is 3.61. The molecule has 0 fully saturated rings. The molecule has 0 spiro atoms. The van der Waals surface area contributed by atoms with E-state index in [9.17, 15) is 0 Å². The fourth-order valence-corrected chi connectivity index (χ4v) is 0.0885. The number of hydrogen-bond donors (Lipinski definition) is 0. The third-order valence-electron chi connectivity index (χ3n) is 0.238. The molecular formula is C2N4O2. The van der Waals surface area contributed by atoms with Crippen LogP contribution in [0.25, 0.3) is 5.53 Å². The van der Waals surface area contributed by atoms with Gasteiger partial charge in [0.15, 0.2) is 5.02 Å². The average molecular weight is 112 g/mol. The largest absolute Gasteiger partial charge is 0.389 e. The van der Waals surface area contributed by atoms with E-state index in [1.54, 1.807) is 0 Å². The smallest absolute Gasteiger partial charge is 0.370 e. The van der Waals surface area contributed by atoms with Crippen molar-refractivity contribution in [2.45, 2.75) is 0 Å². The molecule has 0 aliphatic carbocycles. The Kier molecular flexibility index (Phi) is 2.61. The van der Waals surface area contributed by atoms with E-state index in [1.807, 2.05) is 0 Å². The van der Waals surface area contributed by atoms with Gasteiger partial charge in [0, 0.05) is 0 Å². The second kappa shape index (κ2) is 3.37. The minimum absolute atomic E-state index is 0.361. The lowest BCUT2D eigenvalue weighted by atomic mass is 11.6. The molecule has 0 heterocycles. The molecule has 0 saturated carbocycles. The van der Waals surface area contributed by atoms with E-state index in [-0.39, 0.29) is 5.02 Å². The Hall–Kier alpha value is -1.82. The monoisotopic (exact) mass is 112 g/mol. The van der Waals surface area contributed by atoms with Crippen LogP contribution in [0, 0.1) is 23.0 Å². The van der Waals surface area contributed by atoms with Crippen molar-refractivity contribution in [3.63, 3.8) is 0 Å². The lowest BCUT2D eigenvalue weighted by Gasteiger charge is -1.83. The molecule has 0 unspecified atom stereocenters. The summed E-state index contributed by atoms with van der Waals surface area (Å²) < 4.78 is 0. The molecule has 40 valence electrons. The minimum Gasteiger partial charge on any atom is -0.389 e. The molecule has 6 heteroatoms. The van der Waals surface area contributed by atoms with Crippen LogP contribution in [0.4, 0.5) is 0 Å². The van der Waals surface area contributed by atoms with Gasteiger partial charge in [-0.15, -0.1) is 20.2 Å². The Morgan fingerprint density at radius 1 is 1.25 bits per heavy atom. The van der Waals surface area contributed by atoms with Crippen molar-refractivity contribution in [1.82, 2.24) is 0 Å². The van der Waals surface area contributed by atoms with Crippen molar-refractivity contribution < 1.29 is 14.7 Å². The Bertz CT molecular complexity index is 144. The number of nitrogens with zero attached hydrogens (tertiary/aromatic N) is 4. The van der Waals surface area contributed by atoms with E-state index >= 15 is 0 Å². The van der Waals surface area contributed by atoms with Crippen LogP contribution < -0.4 is 0 Å².